The minimum Gasteiger partial charge on any atom is -0.211 e. The molecular weight excluding hydrogens is 246 g/mol. The van der Waals surface area contributed by atoms with Gasteiger partial charge in [-0.3, -0.25) is 0 Å². The second kappa shape index (κ2) is 5.51. The summed E-state index contributed by atoms with van der Waals surface area (Å²) in [6.07, 6.45) is 7.78. The molecule has 2 nitrogen and oxygen atoms in total. The molecule has 1 aromatic rings. The molecular formula is C15H16ClNO. The fourth-order valence-corrected chi connectivity index (χ4v) is 3.11. The van der Waals surface area contributed by atoms with Crippen molar-refractivity contribution in [3.05, 3.63) is 46.5 Å². The van der Waals surface area contributed by atoms with E-state index in [4.69, 9.17) is 11.6 Å². The minimum absolute atomic E-state index is 0.590. The van der Waals surface area contributed by atoms with Gasteiger partial charge in [0.1, 0.15) is 5.54 Å². The Morgan fingerprint density at radius 3 is 2.83 bits per heavy atom. The number of isocyanates is 1. The van der Waals surface area contributed by atoms with Crippen LogP contribution in [0.1, 0.15) is 38.2 Å². The van der Waals surface area contributed by atoms with Crippen LogP contribution in [0, 0.1) is 0 Å². The highest BCUT2D eigenvalue weighted by Crippen LogP contribution is 2.46. The third kappa shape index (κ3) is 2.14. The quantitative estimate of drug-likeness (QED) is 0.441. The fourth-order valence-electron chi connectivity index (χ4n) is 2.82. The van der Waals surface area contributed by atoms with Gasteiger partial charge in [-0.15, -0.1) is 0 Å². The molecule has 3 heteroatoms. The van der Waals surface area contributed by atoms with E-state index in [1.54, 1.807) is 6.08 Å². The minimum atomic E-state index is -0.590. The lowest BCUT2D eigenvalue weighted by molar-refractivity contribution is 0.394. The van der Waals surface area contributed by atoms with Gasteiger partial charge in [0, 0.05) is 10.6 Å². The van der Waals surface area contributed by atoms with Crippen molar-refractivity contribution in [2.45, 2.75) is 38.1 Å². The van der Waals surface area contributed by atoms with Crippen LogP contribution < -0.4 is 0 Å². The zero-order chi connectivity index (χ0) is 13.0. The van der Waals surface area contributed by atoms with Crippen LogP contribution in [-0.4, -0.2) is 6.08 Å². The summed E-state index contributed by atoms with van der Waals surface area (Å²) in [5.41, 5.74) is 1.50. The van der Waals surface area contributed by atoms with Crippen molar-refractivity contribution in [2.75, 3.05) is 0 Å². The van der Waals surface area contributed by atoms with Crippen molar-refractivity contribution in [3.63, 3.8) is 0 Å². The summed E-state index contributed by atoms with van der Waals surface area (Å²) < 4.78 is 0. The molecule has 0 bridgehead atoms. The number of allylic oxidation sites excluding steroid dienone is 1. The molecule has 0 heterocycles. The van der Waals surface area contributed by atoms with E-state index in [1.165, 1.54) is 5.57 Å². The second-order valence-electron chi connectivity index (χ2n) is 4.56. The van der Waals surface area contributed by atoms with Gasteiger partial charge in [0.2, 0.25) is 6.08 Å². The number of aliphatic imine (C=N–C) groups is 1. The normalized spacial score (nSPS) is 25.8. The first-order chi connectivity index (χ1) is 8.74. The third-order valence-electron chi connectivity index (χ3n) is 3.67. The van der Waals surface area contributed by atoms with Crippen LogP contribution in [0.2, 0.25) is 5.02 Å². The van der Waals surface area contributed by atoms with Crippen molar-refractivity contribution in [1.29, 1.82) is 0 Å². The average molecular weight is 262 g/mol. The molecule has 0 spiro atoms. The monoisotopic (exact) mass is 261 g/mol. The van der Waals surface area contributed by atoms with Gasteiger partial charge in [-0.1, -0.05) is 35.9 Å². The van der Waals surface area contributed by atoms with Gasteiger partial charge in [-0.25, -0.2) is 4.79 Å². The van der Waals surface area contributed by atoms with Gasteiger partial charge in [0.15, 0.2) is 0 Å². The van der Waals surface area contributed by atoms with Crippen LogP contribution in [0.25, 0.3) is 0 Å². The summed E-state index contributed by atoms with van der Waals surface area (Å²) >= 11 is 6.29. The highest BCUT2D eigenvalue weighted by Gasteiger charge is 2.39. The molecule has 0 N–H and O–H groups in total. The maximum atomic E-state index is 10.9. The van der Waals surface area contributed by atoms with Crippen molar-refractivity contribution in [2.24, 2.45) is 4.99 Å². The van der Waals surface area contributed by atoms with Crippen LogP contribution in [0.5, 0.6) is 0 Å². The molecule has 1 atom stereocenters. The van der Waals surface area contributed by atoms with Gasteiger partial charge in [-0.2, -0.15) is 4.99 Å². The van der Waals surface area contributed by atoms with E-state index >= 15 is 0 Å². The topological polar surface area (TPSA) is 29.4 Å². The Kier molecular flexibility index (Phi) is 4.00. The van der Waals surface area contributed by atoms with E-state index in [2.05, 4.69) is 11.1 Å². The lowest BCUT2D eigenvalue weighted by Gasteiger charge is -2.36. The molecule has 18 heavy (non-hydrogen) atoms. The van der Waals surface area contributed by atoms with Crippen LogP contribution in [0.3, 0.4) is 0 Å². The molecule has 1 aromatic carbocycles. The predicted molar refractivity (Wildman–Crippen MR) is 73.5 cm³/mol. The predicted octanol–water partition coefficient (Wildman–Crippen LogP) is 4.39. The zero-order valence-corrected chi connectivity index (χ0v) is 11.2. The highest BCUT2D eigenvalue weighted by molar-refractivity contribution is 6.31. The van der Waals surface area contributed by atoms with E-state index in [1.807, 2.05) is 31.2 Å². The highest BCUT2D eigenvalue weighted by atomic mass is 35.5. The van der Waals surface area contributed by atoms with E-state index in [0.717, 1.165) is 31.2 Å². The smallest absolute Gasteiger partial charge is 0.211 e. The molecule has 1 saturated carbocycles. The van der Waals surface area contributed by atoms with Crippen molar-refractivity contribution >= 4 is 17.7 Å². The summed E-state index contributed by atoms with van der Waals surface area (Å²) in [7, 11) is 0. The summed E-state index contributed by atoms with van der Waals surface area (Å²) in [4.78, 5) is 15.0. The molecule has 0 amide bonds. The Morgan fingerprint density at radius 1 is 1.39 bits per heavy atom. The third-order valence-corrected chi connectivity index (χ3v) is 4.00. The second-order valence-corrected chi connectivity index (χ2v) is 4.97. The molecule has 1 fully saturated rings. The maximum Gasteiger partial charge on any atom is 0.236 e. The van der Waals surface area contributed by atoms with Gasteiger partial charge < -0.3 is 0 Å². The molecule has 0 saturated heterocycles. The zero-order valence-electron chi connectivity index (χ0n) is 10.4. The molecule has 0 unspecified atom stereocenters. The number of halogens is 1. The van der Waals surface area contributed by atoms with Gasteiger partial charge in [0.05, 0.1) is 0 Å². The standard InChI is InChI=1S/C15H16ClNO/c1-2-12-7-5-6-10-15(12,17-11-18)13-8-3-4-9-14(13)16/h2-4,8-9H,5-7,10H2,1H3/b12-2+/t15-/m1/s1. The number of carbonyl (C=O) groups excluding carboxylic acids is 1. The summed E-state index contributed by atoms with van der Waals surface area (Å²) in [5.74, 6) is 0. The molecule has 1 aliphatic carbocycles. The maximum absolute atomic E-state index is 10.9. The molecule has 94 valence electrons. The van der Waals surface area contributed by atoms with Crippen LogP contribution in [-0.2, 0) is 10.3 Å². The summed E-state index contributed by atoms with van der Waals surface area (Å²) in [5, 5.41) is 0.665. The Balaban J connectivity index is 2.63. The molecule has 0 aromatic heterocycles. The van der Waals surface area contributed by atoms with E-state index in [9.17, 15) is 4.79 Å². The van der Waals surface area contributed by atoms with Gasteiger partial charge in [0.25, 0.3) is 0 Å². The number of rotatable bonds is 2. The van der Waals surface area contributed by atoms with E-state index < -0.39 is 5.54 Å². The van der Waals surface area contributed by atoms with Gasteiger partial charge in [-0.05, 0) is 44.2 Å². The largest absolute Gasteiger partial charge is 0.236 e. The summed E-state index contributed by atoms with van der Waals surface area (Å²) in [6, 6.07) is 7.63. The SMILES string of the molecule is C/C=C1\CCCC[C@]1(N=C=O)c1ccccc1Cl. The van der Waals surface area contributed by atoms with Crippen molar-refractivity contribution < 1.29 is 4.79 Å². The van der Waals surface area contributed by atoms with Crippen LogP contribution in [0.4, 0.5) is 0 Å². The molecule has 1 aliphatic rings. The first kappa shape index (κ1) is 13.1. The van der Waals surface area contributed by atoms with Crippen molar-refractivity contribution in [3.8, 4) is 0 Å². The number of nitrogens with zero attached hydrogens (tertiary/aromatic N) is 1. The lowest BCUT2D eigenvalue weighted by atomic mass is 9.73. The fraction of sp³-hybridized carbons (Fsp3) is 0.400. The van der Waals surface area contributed by atoms with E-state index in [-0.39, 0.29) is 0 Å². The number of hydrogen-bond donors (Lipinski definition) is 0. The number of benzene rings is 1. The molecule has 2 rings (SSSR count). The lowest BCUT2D eigenvalue weighted by Crippen LogP contribution is -2.30. The Labute approximate surface area is 112 Å². The Bertz CT molecular complexity index is 517. The Hall–Kier alpha value is -1.37. The first-order valence-electron chi connectivity index (χ1n) is 6.24. The average Bonchev–Trinajstić information content (AvgIpc) is 2.40. The van der Waals surface area contributed by atoms with Crippen LogP contribution >= 0.6 is 11.6 Å². The van der Waals surface area contributed by atoms with E-state index in [0.29, 0.717) is 5.02 Å². The van der Waals surface area contributed by atoms with Crippen molar-refractivity contribution in [1.82, 2.24) is 0 Å². The first-order valence-corrected chi connectivity index (χ1v) is 6.62. The van der Waals surface area contributed by atoms with Gasteiger partial charge >= 0.3 is 0 Å². The summed E-state index contributed by atoms with van der Waals surface area (Å²) in [6.45, 7) is 1.99. The number of hydrogen-bond acceptors (Lipinski definition) is 2. The molecule has 0 radical (unpaired) electrons. The molecule has 0 aliphatic heterocycles. The Morgan fingerprint density at radius 2 is 2.17 bits per heavy atom. The van der Waals surface area contributed by atoms with Crippen LogP contribution in [0.15, 0.2) is 40.9 Å².